The number of thiazole rings is 1. The number of carbonyl (C=O) groups is 1. The molecule has 1 aliphatic rings. The average Bonchev–Trinajstić information content (AvgIpc) is 3.02. The number of rotatable bonds is 4. The van der Waals surface area contributed by atoms with Crippen molar-refractivity contribution >= 4 is 38.4 Å². The molecule has 2 amide bonds. The van der Waals surface area contributed by atoms with Gasteiger partial charge >= 0.3 is 12.2 Å². The van der Waals surface area contributed by atoms with E-state index in [1.807, 2.05) is 0 Å². The third-order valence-corrected chi connectivity index (χ3v) is 7.06. The van der Waals surface area contributed by atoms with Crippen molar-refractivity contribution in [1.82, 2.24) is 13.6 Å². The maximum atomic E-state index is 12.6. The van der Waals surface area contributed by atoms with Crippen molar-refractivity contribution in [2.75, 3.05) is 31.3 Å². The molecule has 0 atom stereocenters. The lowest BCUT2D eigenvalue weighted by atomic mass is 10.2. The molecule has 1 aromatic heterocycles. The molecule has 0 aliphatic carbocycles. The fraction of sp³-hybridized carbons (Fsp3) is 0.375. The molecular formula is C16H18F3N5O3S2. The van der Waals surface area contributed by atoms with Crippen molar-refractivity contribution in [3.63, 3.8) is 0 Å². The summed E-state index contributed by atoms with van der Waals surface area (Å²) >= 11 is 1.16. The first kappa shape index (κ1) is 21.5. The number of nitrogens with zero attached hydrogens (tertiary/aromatic N) is 3. The Morgan fingerprint density at radius 2 is 1.86 bits per heavy atom. The maximum absolute atomic E-state index is 12.6. The number of urea groups is 1. The van der Waals surface area contributed by atoms with Gasteiger partial charge in [-0.05, 0) is 24.3 Å². The van der Waals surface area contributed by atoms with Crippen LogP contribution in [0.4, 0.5) is 28.8 Å². The summed E-state index contributed by atoms with van der Waals surface area (Å²) in [6.45, 7) is 0.449. The van der Waals surface area contributed by atoms with E-state index in [0.717, 1.165) is 44.8 Å². The highest BCUT2D eigenvalue weighted by Gasteiger charge is 2.31. The molecule has 158 valence electrons. The van der Waals surface area contributed by atoms with Crippen LogP contribution in [-0.4, -0.2) is 48.7 Å². The third-order valence-electron chi connectivity index (χ3n) is 4.17. The molecule has 1 aliphatic heterocycles. The topological polar surface area (TPSA) is 94.6 Å². The van der Waals surface area contributed by atoms with Crippen LogP contribution < -0.4 is 10.6 Å². The Labute approximate surface area is 169 Å². The number of anilines is 2. The van der Waals surface area contributed by atoms with Crippen LogP contribution >= 0.6 is 11.3 Å². The highest BCUT2D eigenvalue weighted by Crippen LogP contribution is 2.31. The van der Waals surface area contributed by atoms with E-state index in [-0.39, 0.29) is 23.9 Å². The highest BCUT2D eigenvalue weighted by atomic mass is 32.2. The van der Waals surface area contributed by atoms with Gasteiger partial charge in [-0.3, -0.25) is 5.32 Å². The van der Waals surface area contributed by atoms with Gasteiger partial charge in [0.25, 0.3) is 10.2 Å². The number of aromatic nitrogens is 1. The molecule has 1 aromatic carbocycles. The Morgan fingerprint density at radius 3 is 2.45 bits per heavy atom. The Morgan fingerprint density at radius 1 is 1.21 bits per heavy atom. The van der Waals surface area contributed by atoms with Crippen LogP contribution in [0.5, 0.6) is 0 Å². The molecule has 0 fully saturated rings. The van der Waals surface area contributed by atoms with Gasteiger partial charge in [-0.1, -0.05) is 11.3 Å². The predicted octanol–water partition coefficient (Wildman–Crippen LogP) is 2.97. The summed E-state index contributed by atoms with van der Waals surface area (Å²) in [5.41, 5.74) is 0.0957. The maximum Gasteiger partial charge on any atom is 0.416 e. The number of hydrogen-bond acceptors (Lipinski definition) is 5. The molecule has 8 nitrogen and oxygen atoms in total. The summed E-state index contributed by atoms with van der Waals surface area (Å²) in [5.74, 6) is 0. The summed E-state index contributed by atoms with van der Waals surface area (Å²) < 4.78 is 64.7. The molecule has 0 saturated heterocycles. The van der Waals surface area contributed by atoms with Crippen LogP contribution in [0.2, 0.25) is 0 Å². The minimum atomic E-state index is -4.45. The largest absolute Gasteiger partial charge is 0.416 e. The molecule has 29 heavy (non-hydrogen) atoms. The van der Waals surface area contributed by atoms with Gasteiger partial charge in [0.2, 0.25) is 0 Å². The summed E-state index contributed by atoms with van der Waals surface area (Å²) in [5, 5.41) is 5.24. The summed E-state index contributed by atoms with van der Waals surface area (Å²) in [6.07, 6.45) is -4.03. The molecule has 13 heteroatoms. The lowest BCUT2D eigenvalue weighted by Crippen LogP contribution is -2.42. The number of amides is 2. The Hall–Kier alpha value is -2.22. The molecule has 0 radical (unpaired) electrons. The van der Waals surface area contributed by atoms with Crippen LogP contribution in [0.15, 0.2) is 24.3 Å². The SMILES string of the molecule is CN(C)S(=O)(=O)N1CCc2nc(NC(=O)Nc3ccc(C(F)(F)F)cc3)sc2C1. The van der Waals surface area contributed by atoms with Gasteiger partial charge in [0.1, 0.15) is 0 Å². The smallest absolute Gasteiger partial charge is 0.308 e. The Bertz CT molecular complexity index is 1000. The first-order valence-corrected chi connectivity index (χ1v) is 10.6. The van der Waals surface area contributed by atoms with E-state index in [1.54, 1.807) is 0 Å². The first-order valence-electron chi connectivity index (χ1n) is 8.38. The second-order valence-corrected chi connectivity index (χ2v) is 9.64. The van der Waals surface area contributed by atoms with Gasteiger partial charge in [-0.2, -0.15) is 30.2 Å². The monoisotopic (exact) mass is 449 g/mol. The lowest BCUT2D eigenvalue weighted by Gasteiger charge is -2.27. The predicted molar refractivity (Wildman–Crippen MR) is 103 cm³/mol. The van der Waals surface area contributed by atoms with Gasteiger partial charge in [0, 0.05) is 37.6 Å². The van der Waals surface area contributed by atoms with Crippen molar-refractivity contribution in [2.45, 2.75) is 19.1 Å². The van der Waals surface area contributed by atoms with Crippen molar-refractivity contribution in [2.24, 2.45) is 0 Å². The molecule has 0 unspecified atom stereocenters. The number of nitrogens with one attached hydrogen (secondary N) is 2. The summed E-state index contributed by atoms with van der Waals surface area (Å²) in [7, 11) is -0.637. The van der Waals surface area contributed by atoms with E-state index in [9.17, 15) is 26.4 Å². The van der Waals surface area contributed by atoms with E-state index < -0.39 is 28.0 Å². The van der Waals surface area contributed by atoms with Gasteiger partial charge in [0.15, 0.2) is 5.13 Å². The van der Waals surface area contributed by atoms with E-state index in [4.69, 9.17) is 0 Å². The van der Waals surface area contributed by atoms with Crippen LogP contribution in [-0.2, 0) is 29.4 Å². The normalized spacial score (nSPS) is 15.2. The first-order chi connectivity index (χ1) is 13.5. The van der Waals surface area contributed by atoms with Gasteiger partial charge in [-0.25, -0.2) is 9.78 Å². The molecule has 3 rings (SSSR count). The standard InChI is InChI=1S/C16H18F3N5O3S2/c1-23(2)29(26,27)24-8-7-12-13(9-24)28-15(21-12)22-14(25)20-11-5-3-10(4-6-11)16(17,18)19/h3-6H,7-9H2,1-2H3,(H2,20,21,22,25). The zero-order valence-corrected chi connectivity index (χ0v) is 17.1. The lowest BCUT2D eigenvalue weighted by molar-refractivity contribution is -0.137. The summed E-state index contributed by atoms with van der Waals surface area (Å²) in [6, 6.07) is 3.39. The van der Waals surface area contributed by atoms with Crippen LogP contribution in [0, 0.1) is 0 Å². The number of alkyl halides is 3. The fourth-order valence-electron chi connectivity index (χ4n) is 2.66. The van der Waals surface area contributed by atoms with E-state index >= 15 is 0 Å². The van der Waals surface area contributed by atoms with Crippen molar-refractivity contribution in [1.29, 1.82) is 0 Å². The molecule has 0 spiro atoms. The van der Waals surface area contributed by atoms with Crippen molar-refractivity contribution in [3.8, 4) is 0 Å². The quantitative estimate of drug-likeness (QED) is 0.750. The molecule has 2 aromatic rings. The van der Waals surface area contributed by atoms with Crippen LogP contribution in [0.3, 0.4) is 0 Å². The molecule has 0 saturated carbocycles. The number of benzene rings is 1. The van der Waals surface area contributed by atoms with Crippen molar-refractivity contribution < 1.29 is 26.4 Å². The zero-order chi connectivity index (χ0) is 21.4. The second-order valence-electron chi connectivity index (χ2n) is 6.42. The number of halogens is 3. The average molecular weight is 449 g/mol. The minimum Gasteiger partial charge on any atom is -0.308 e. The molecule has 2 N–H and O–H groups in total. The molecular weight excluding hydrogens is 431 g/mol. The Kier molecular flexibility index (Phi) is 5.85. The third kappa shape index (κ3) is 4.86. The number of hydrogen-bond donors (Lipinski definition) is 2. The number of fused-ring (bicyclic) bond motifs is 1. The van der Waals surface area contributed by atoms with Gasteiger partial charge in [-0.15, -0.1) is 0 Å². The molecule has 2 heterocycles. The van der Waals surface area contributed by atoms with Gasteiger partial charge < -0.3 is 5.32 Å². The van der Waals surface area contributed by atoms with Crippen LogP contribution in [0.25, 0.3) is 0 Å². The van der Waals surface area contributed by atoms with Gasteiger partial charge in [0.05, 0.1) is 17.8 Å². The highest BCUT2D eigenvalue weighted by molar-refractivity contribution is 7.86. The Balaban J connectivity index is 1.64. The fourth-order valence-corrected chi connectivity index (χ4v) is 4.83. The van der Waals surface area contributed by atoms with E-state index in [0.29, 0.717) is 12.1 Å². The second kappa shape index (κ2) is 7.89. The number of carbonyl (C=O) groups excluding carboxylic acids is 1. The zero-order valence-electron chi connectivity index (χ0n) is 15.4. The van der Waals surface area contributed by atoms with Crippen LogP contribution in [0.1, 0.15) is 16.1 Å². The van der Waals surface area contributed by atoms with E-state index in [2.05, 4.69) is 15.6 Å². The summed E-state index contributed by atoms with van der Waals surface area (Å²) in [4.78, 5) is 17.1. The minimum absolute atomic E-state index is 0.162. The van der Waals surface area contributed by atoms with Crippen molar-refractivity contribution in [3.05, 3.63) is 40.4 Å². The van der Waals surface area contributed by atoms with E-state index in [1.165, 1.54) is 18.4 Å². The molecule has 0 bridgehead atoms.